The Morgan fingerprint density at radius 3 is 2.83 bits per heavy atom. The van der Waals surface area contributed by atoms with Crippen LogP contribution in [-0.4, -0.2) is 22.3 Å². The fourth-order valence-corrected chi connectivity index (χ4v) is 2.26. The van der Waals surface area contributed by atoms with Crippen LogP contribution in [0, 0.1) is 12.8 Å². The van der Waals surface area contributed by atoms with Crippen molar-refractivity contribution in [1.82, 2.24) is 9.78 Å². The maximum Gasteiger partial charge on any atom is 0.388 e. The molecule has 1 heterocycles. The van der Waals surface area contributed by atoms with Gasteiger partial charge in [-0.25, -0.2) is 8.78 Å². The van der Waals surface area contributed by atoms with Crippen molar-refractivity contribution in [1.29, 1.82) is 0 Å². The summed E-state index contributed by atoms with van der Waals surface area (Å²) < 4.78 is 55.7. The lowest BCUT2D eigenvalue weighted by atomic mass is 10.1. The fraction of sp³-hybridized carbons (Fsp3) is 0.727. The number of hydrogen-bond donors (Lipinski definition) is 0. The van der Waals surface area contributed by atoms with Gasteiger partial charge in [0, 0.05) is 31.1 Å². The van der Waals surface area contributed by atoms with Gasteiger partial charge < -0.3 is 4.74 Å². The van der Waals surface area contributed by atoms with Crippen molar-refractivity contribution in [3.8, 4) is 5.88 Å². The molecule has 1 aliphatic carbocycles. The van der Waals surface area contributed by atoms with Crippen molar-refractivity contribution in [3.63, 3.8) is 0 Å². The second-order valence-electron chi connectivity index (χ2n) is 4.68. The predicted octanol–water partition coefficient (Wildman–Crippen LogP) is 3.23. The van der Waals surface area contributed by atoms with Crippen LogP contribution in [0.3, 0.4) is 0 Å². The highest BCUT2D eigenvalue weighted by Crippen LogP contribution is 2.39. The first-order chi connectivity index (χ1) is 8.35. The highest BCUT2D eigenvalue weighted by atomic mass is 19.3. The van der Waals surface area contributed by atoms with Gasteiger partial charge in [0.05, 0.1) is 0 Å². The minimum Gasteiger partial charge on any atom is -0.415 e. The third kappa shape index (κ3) is 3.14. The number of aryl methyl sites for hydroxylation is 1. The SMILES string of the molecule is Cc1cn(CC2CCC(F)(F)C2)nc1OC(F)F. The number of rotatable bonds is 4. The lowest BCUT2D eigenvalue weighted by molar-refractivity contribution is -0.0536. The Balaban J connectivity index is 1.98. The van der Waals surface area contributed by atoms with Crippen LogP contribution in [0.1, 0.15) is 24.8 Å². The fourth-order valence-electron chi connectivity index (χ4n) is 2.26. The van der Waals surface area contributed by atoms with Gasteiger partial charge in [0.1, 0.15) is 0 Å². The topological polar surface area (TPSA) is 27.1 Å². The van der Waals surface area contributed by atoms with Crippen LogP contribution in [0.4, 0.5) is 17.6 Å². The Morgan fingerprint density at radius 2 is 2.28 bits per heavy atom. The van der Waals surface area contributed by atoms with E-state index in [0.29, 0.717) is 18.5 Å². The summed E-state index contributed by atoms with van der Waals surface area (Å²) in [5, 5.41) is 3.83. The Kier molecular flexibility index (Phi) is 3.49. The van der Waals surface area contributed by atoms with Gasteiger partial charge in [-0.05, 0) is 19.3 Å². The zero-order chi connectivity index (χ0) is 13.3. The number of alkyl halides is 4. The molecule has 0 aromatic carbocycles. The molecular weight excluding hydrogens is 252 g/mol. The molecule has 7 heteroatoms. The van der Waals surface area contributed by atoms with E-state index >= 15 is 0 Å². The van der Waals surface area contributed by atoms with Crippen LogP contribution in [-0.2, 0) is 6.54 Å². The maximum atomic E-state index is 13.0. The summed E-state index contributed by atoms with van der Waals surface area (Å²) >= 11 is 0. The third-order valence-corrected chi connectivity index (χ3v) is 3.05. The highest BCUT2D eigenvalue weighted by molar-refractivity contribution is 5.21. The summed E-state index contributed by atoms with van der Waals surface area (Å²) in [5.74, 6) is -2.91. The van der Waals surface area contributed by atoms with Crippen LogP contribution in [0.2, 0.25) is 0 Å². The number of halogens is 4. The molecule has 102 valence electrons. The predicted molar refractivity (Wildman–Crippen MR) is 55.9 cm³/mol. The molecule has 1 unspecified atom stereocenters. The monoisotopic (exact) mass is 266 g/mol. The molecule has 0 aliphatic heterocycles. The van der Waals surface area contributed by atoms with Gasteiger partial charge in [0.15, 0.2) is 0 Å². The molecule has 18 heavy (non-hydrogen) atoms. The molecule has 0 bridgehead atoms. The van der Waals surface area contributed by atoms with E-state index in [2.05, 4.69) is 9.84 Å². The van der Waals surface area contributed by atoms with E-state index in [9.17, 15) is 17.6 Å². The van der Waals surface area contributed by atoms with Crippen LogP contribution in [0.25, 0.3) is 0 Å². The van der Waals surface area contributed by atoms with E-state index in [-0.39, 0.29) is 24.6 Å². The largest absolute Gasteiger partial charge is 0.415 e. The average Bonchev–Trinajstić information content (AvgIpc) is 2.71. The Labute approximate surface area is 102 Å². The summed E-state index contributed by atoms with van der Waals surface area (Å²) in [5.41, 5.74) is 0.472. The second-order valence-corrected chi connectivity index (χ2v) is 4.68. The summed E-state index contributed by atoms with van der Waals surface area (Å²) in [6.45, 7) is -1.03. The van der Waals surface area contributed by atoms with E-state index in [1.54, 1.807) is 6.92 Å². The Hall–Kier alpha value is -1.27. The second kappa shape index (κ2) is 4.78. The van der Waals surface area contributed by atoms with Gasteiger partial charge in [-0.15, -0.1) is 5.10 Å². The van der Waals surface area contributed by atoms with Crippen LogP contribution < -0.4 is 4.74 Å². The molecule has 0 N–H and O–H groups in total. The van der Waals surface area contributed by atoms with E-state index in [4.69, 9.17) is 0 Å². The van der Waals surface area contributed by atoms with Gasteiger partial charge in [-0.1, -0.05) is 0 Å². The molecule has 1 fully saturated rings. The summed E-state index contributed by atoms with van der Waals surface area (Å²) in [4.78, 5) is 0. The molecule has 1 atom stereocenters. The lowest BCUT2D eigenvalue weighted by Gasteiger charge is -2.10. The summed E-state index contributed by atoms with van der Waals surface area (Å²) in [6, 6.07) is 0. The molecule has 2 rings (SSSR count). The van der Waals surface area contributed by atoms with Crippen LogP contribution in [0.5, 0.6) is 5.88 Å². The maximum absolute atomic E-state index is 13.0. The van der Waals surface area contributed by atoms with Crippen LogP contribution >= 0.6 is 0 Å². The highest BCUT2D eigenvalue weighted by Gasteiger charge is 2.39. The zero-order valence-electron chi connectivity index (χ0n) is 9.88. The normalized spacial score (nSPS) is 22.7. The Morgan fingerprint density at radius 1 is 1.56 bits per heavy atom. The lowest BCUT2D eigenvalue weighted by Crippen LogP contribution is -2.13. The first-order valence-electron chi connectivity index (χ1n) is 5.72. The molecule has 1 aromatic rings. The van der Waals surface area contributed by atoms with Gasteiger partial charge in [-0.3, -0.25) is 4.68 Å². The quantitative estimate of drug-likeness (QED) is 0.782. The molecule has 0 radical (unpaired) electrons. The molecule has 3 nitrogen and oxygen atoms in total. The average molecular weight is 266 g/mol. The van der Waals surface area contributed by atoms with E-state index in [0.717, 1.165) is 0 Å². The number of ether oxygens (including phenoxy) is 1. The smallest absolute Gasteiger partial charge is 0.388 e. The van der Waals surface area contributed by atoms with Crippen molar-refractivity contribution >= 4 is 0 Å². The molecule has 1 aromatic heterocycles. The molecule has 1 aliphatic rings. The van der Waals surface area contributed by atoms with E-state index in [1.807, 2.05) is 0 Å². The van der Waals surface area contributed by atoms with E-state index in [1.165, 1.54) is 10.9 Å². The Bertz CT molecular complexity index is 419. The van der Waals surface area contributed by atoms with Gasteiger partial charge in [0.25, 0.3) is 0 Å². The zero-order valence-corrected chi connectivity index (χ0v) is 9.88. The molecule has 0 saturated heterocycles. The van der Waals surface area contributed by atoms with Gasteiger partial charge in [-0.2, -0.15) is 8.78 Å². The standard InChI is InChI=1S/C11H14F4N2O/c1-7-5-17(16-9(7)18-10(12)13)6-8-2-3-11(14,15)4-8/h5,8,10H,2-4,6H2,1H3. The number of hydrogen-bond acceptors (Lipinski definition) is 2. The minimum absolute atomic E-state index is 0.113. The molecule has 1 saturated carbocycles. The van der Waals surface area contributed by atoms with Gasteiger partial charge in [0.2, 0.25) is 11.8 Å². The van der Waals surface area contributed by atoms with Gasteiger partial charge >= 0.3 is 6.61 Å². The summed E-state index contributed by atoms with van der Waals surface area (Å²) in [6.07, 6.45) is 1.68. The first-order valence-corrected chi connectivity index (χ1v) is 5.72. The first kappa shape index (κ1) is 13.2. The number of aromatic nitrogens is 2. The van der Waals surface area contributed by atoms with E-state index < -0.39 is 12.5 Å². The minimum atomic E-state index is -2.93. The summed E-state index contributed by atoms with van der Waals surface area (Å²) in [7, 11) is 0. The molecular formula is C11H14F4N2O. The third-order valence-electron chi connectivity index (χ3n) is 3.05. The molecule has 0 amide bonds. The van der Waals surface area contributed by atoms with Crippen LogP contribution in [0.15, 0.2) is 6.20 Å². The van der Waals surface area contributed by atoms with Crippen molar-refractivity contribution in [3.05, 3.63) is 11.8 Å². The van der Waals surface area contributed by atoms with Crippen molar-refractivity contribution in [2.24, 2.45) is 5.92 Å². The van der Waals surface area contributed by atoms with Crippen molar-refractivity contribution in [2.45, 2.75) is 45.3 Å². The van der Waals surface area contributed by atoms with Crippen molar-refractivity contribution < 1.29 is 22.3 Å². The number of nitrogens with zero attached hydrogens (tertiary/aromatic N) is 2. The van der Waals surface area contributed by atoms with Crippen molar-refractivity contribution in [2.75, 3.05) is 0 Å². The molecule has 0 spiro atoms.